The van der Waals surface area contributed by atoms with Gasteiger partial charge in [0.05, 0.1) is 23.4 Å². The average Bonchev–Trinajstić information content (AvgIpc) is 3.09. The van der Waals surface area contributed by atoms with Gasteiger partial charge in [-0.3, -0.25) is 4.90 Å². The minimum Gasteiger partial charge on any atom is -0.507 e. The molecule has 0 aliphatic carbocycles. The molecule has 25 heavy (non-hydrogen) atoms. The molecule has 132 valence electrons. The van der Waals surface area contributed by atoms with Gasteiger partial charge in [0.1, 0.15) is 5.75 Å². The summed E-state index contributed by atoms with van der Waals surface area (Å²) in [6.45, 7) is 7.72. The van der Waals surface area contributed by atoms with Crippen LogP contribution in [0.25, 0.3) is 21.0 Å². The number of ether oxygens (including phenoxy) is 1. The molecular formula is C19H23N3O2S. The van der Waals surface area contributed by atoms with E-state index in [1.807, 2.05) is 31.2 Å². The molecule has 3 aromatic rings. The summed E-state index contributed by atoms with van der Waals surface area (Å²) in [6.07, 6.45) is 1.08. The Bertz CT molecular complexity index is 887. The molecule has 0 atom stereocenters. The molecule has 2 N–H and O–H groups in total. The Balaban J connectivity index is 1.49. The van der Waals surface area contributed by atoms with Crippen LogP contribution in [0.3, 0.4) is 0 Å². The number of rotatable bonds is 5. The number of thiazole rings is 1. The van der Waals surface area contributed by atoms with Crippen LogP contribution < -0.4 is 5.32 Å². The molecule has 2 heterocycles. The van der Waals surface area contributed by atoms with Gasteiger partial charge in [-0.15, -0.1) is 0 Å². The van der Waals surface area contributed by atoms with Crippen molar-refractivity contribution in [2.75, 3.05) is 44.7 Å². The Hall–Kier alpha value is -1.89. The summed E-state index contributed by atoms with van der Waals surface area (Å²) in [6, 6.07) is 7.92. The van der Waals surface area contributed by atoms with E-state index in [0.29, 0.717) is 5.75 Å². The maximum Gasteiger partial charge on any atom is 0.183 e. The zero-order chi connectivity index (χ0) is 17.2. The standard InChI is InChI=1S/C19H23N3O2S/c1-13-17(23)15-6-3-2-5-14(15)16-18(13)25-19(21-16)20-7-4-8-22-9-11-24-12-10-22/h2-3,5-6,23H,4,7-12H2,1H3,(H,20,21). The van der Waals surface area contributed by atoms with Crippen molar-refractivity contribution in [3.05, 3.63) is 29.8 Å². The maximum atomic E-state index is 10.5. The van der Waals surface area contributed by atoms with Crippen molar-refractivity contribution in [3.8, 4) is 5.75 Å². The van der Waals surface area contributed by atoms with E-state index in [9.17, 15) is 5.11 Å². The van der Waals surface area contributed by atoms with Gasteiger partial charge < -0.3 is 15.2 Å². The summed E-state index contributed by atoms with van der Waals surface area (Å²) in [4.78, 5) is 7.23. The number of phenolic OH excluding ortho intramolecular Hbond substituents is 1. The van der Waals surface area contributed by atoms with E-state index in [1.165, 1.54) is 0 Å². The highest BCUT2D eigenvalue weighted by Crippen LogP contribution is 2.40. The van der Waals surface area contributed by atoms with Gasteiger partial charge >= 0.3 is 0 Å². The van der Waals surface area contributed by atoms with Crippen molar-refractivity contribution >= 4 is 37.5 Å². The summed E-state index contributed by atoms with van der Waals surface area (Å²) in [5, 5.41) is 16.7. The SMILES string of the molecule is Cc1c(O)c2ccccc2c2nc(NCCCN3CCOCC3)sc12. The fourth-order valence-electron chi connectivity index (χ4n) is 3.36. The number of aryl methyl sites for hydroxylation is 1. The lowest BCUT2D eigenvalue weighted by atomic mass is 10.0. The number of aromatic hydroxyl groups is 1. The fraction of sp³-hybridized carbons (Fsp3) is 0.421. The number of morpholine rings is 1. The van der Waals surface area contributed by atoms with Crippen LogP contribution in [0.1, 0.15) is 12.0 Å². The molecule has 0 spiro atoms. The minimum atomic E-state index is 0.366. The number of fused-ring (bicyclic) bond motifs is 3. The normalized spacial score (nSPS) is 15.9. The molecule has 0 bridgehead atoms. The Labute approximate surface area is 151 Å². The molecule has 0 saturated carbocycles. The van der Waals surface area contributed by atoms with Crippen molar-refractivity contribution < 1.29 is 9.84 Å². The second kappa shape index (κ2) is 7.15. The predicted molar refractivity (Wildman–Crippen MR) is 104 cm³/mol. The van der Waals surface area contributed by atoms with E-state index >= 15 is 0 Å². The first-order valence-corrected chi connectivity index (χ1v) is 9.60. The van der Waals surface area contributed by atoms with Crippen LogP contribution in [-0.2, 0) is 4.74 Å². The topological polar surface area (TPSA) is 57.6 Å². The van der Waals surface area contributed by atoms with E-state index in [1.54, 1.807) is 11.3 Å². The van der Waals surface area contributed by atoms with Crippen LogP contribution in [0.5, 0.6) is 5.75 Å². The second-order valence-electron chi connectivity index (χ2n) is 6.45. The van der Waals surface area contributed by atoms with Gasteiger partial charge in [-0.1, -0.05) is 35.6 Å². The highest BCUT2D eigenvalue weighted by Gasteiger charge is 2.15. The number of hydrogen-bond donors (Lipinski definition) is 2. The van der Waals surface area contributed by atoms with Gasteiger partial charge in [-0.05, 0) is 19.9 Å². The summed E-state index contributed by atoms with van der Waals surface area (Å²) in [5.41, 5.74) is 1.89. The van der Waals surface area contributed by atoms with Crippen LogP contribution >= 0.6 is 11.3 Å². The van der Waals surface area contributed by atoms with Gasteiger partial charge in [-0.2, -0.15) is 0 Å². The van der Waals surface area contributed by atoms with Gasteiger partial charge in [0.25, 0.3) is 0 Å². The Morgan fingerprint density at radius 2 is 2.00 bits per heavy atom. The van der Waals surface area contributed by atoms with Crippen molar-refractivity contribution in [3.63, 3.8) is 0 Å². The molecule has 0 radical (unpaired) electrons. The van der Waals surface area contributed by atoms with Crippen molar-refractivity contribution in [1.82, 2.24) is 9.88 Å². The summed E-state index contributed by atoms with van der Waals surface area (Å²) >= 11 is 1.62. The molecule has 5 nitrogen and oxygen atoms in total. The molecule has 1 aliphatic rings. The number of phenols is 1. The fourth-order valence-corrected chi connectivity index (χ4v) is 4.37. The van der Waals surface area contributed by atoms with Gasteiger partial charge in [0.2, 0.25) is 0 Å². The molecular weight excluding hydrogens is 334 g/mol. The first kappa shape index (κ1) is 16.6. The predicted octanol–water partition coefficient (Wildman–Crippen LogP) is 3.60. The van der Waals surface area contributed by atoms with Crippen LogP contribution in [0.2, 0.25) is 0 Å². The zero-order valence-corrected chi connectivity index (χ0v) is 15.2. The Kier molecular flexibility index (Phi) is 4.74. The lowest BCUT2D eigenvalue weighted by Crippen LogP contribution is -2.37. The number of aromatic nitrogens is 1. The number of nitrogens with zero attached hydrogens (tertiary/aromatic N) is 2. The first-order valence-electron chi connectivity index (χ1n) is 8.79. The smallest absolute Gasteiger partial charge is 0.183 e. The summed E-state index contributed by atoms with van der Waals surface area (Å²) < 4.78 is 6.44. The monoisotopic (exact) mass is 357 g/mol. The molecule has 6 heteroatoms. The molecule has 2 aromatic carbocycles. The summed E-state index contributed by atoms with van der Waals surface area (Å²) in [5.74, 6) is 0.366. The van der Waals surface area contributed by atoms with Crippen LogP contribution in [0, 0.1) is 6.92 Å². The van der Waals surface area contributed by atoms with Crippen molar-refractivity contribution in [1.29, 1.82) is 0 Å². The van der Waals surface area contributed by atoms with Crippen LogP contribution in [0.15, 0.2) is 24.3 Å². The van der Waals surface area contributed by atoms with Gasteiger partial charge in [0.15, 0.2) is 5.13 Å². The lowest BCUT2D eigenvalue weighted by Gasteiger charge is -2.26. The number of benzene rings is 2. The lowest BCUT2D eigenvalue weighted by molar-refractivity contribution is 0.0378. The third kappa shape index (κ3) is 3.29. The zero-order valence-electron chi connectivity index (χ0n) is 14.4. The van der Waals surface area contributed by atoms with E-state index in [-0.39, 0.29) is 0 Å². The quantitative estimate of drug-likeness (QED) is 0.683. The van der Waals surface area contributed by atoms with Crippen LogP contribution in [-0.4, -0.2) is 54.4 Å². The van der Waals surface area contributed by atoms with E-state index in [2.05, 4.69) is 10.2 Å². The molecule has 1 fully saturated rings. The Morgan fingerprint density at radius 3 is 2.80 bits per heavy atom. The maximum absolute atomic E-state index is 10.5. The number of anilines is 1. The third-order valence-electron chi connectivity index (χ3n) is 4.79. The molecule has 0 amide bonds. The number of hydrogen-bond acceptors (Lipinski definition) is 6. The highest BCUT2D eigenvalue weighted by molar-refractivity contribution is 7.22. The largest absolute Gasteiger partial charge is 0.507 e. The number of nitrogens with one attached hydrogen (secondary N) is 1. The first-order chi connectivity index (χ1) is 12.2. The van der Waals surface area contributed by atoms with Crippen molar-refractivity contribution in [2.45, 2.75) is 13.3 Å². The minimum absolute atomic E-state index is 0.366. The second-order valence-corrected chi connectivity index (χ2v) is 7.45. The van der Waals surface area contributed by atoms with E-state index < -0.39 is 0 Å². The molecule has 0 unspecified atom stereocenters. The third-order valence-corrected chi connectivity index (χ3v) is 5.92. The van der Waals surface area contributed by atoms with Gasteiger partial charge in [0, 0.05) is 36.0 Å². The van der Waals surface area contributed by atoms with E-state index in [0.717, 1.165) is 77.5 Å². The Morgan fingerprint density at radius 1 is 1.24 bits per heavy atom. The molecule has 1 aliphatic heterocycles. The van der Waals surface area contributed by atoms with Gasteiger partial charge in [-0.25, -0.2) is 4.98 Å². The average molecular weight is 357 g/mol. The molecule has 4 rings (SSSR count). The van der Waals surface area contributed by atoms with E-state index in [4.69, 9.17) is 9.72 Å². The summed E-state index contributed by atoms with van der Waals surface area (Å²) in [7, 11) is 0. The van der Waals surface area contributed by atoms with Crippen molar-refractivity contribution in [2.24, 2.45) is 0 Å². The molecule has 1 saturated heterocycles. The van der Waals surface area contributed by atoms with Crippen LogP contribution in [0.4, 0.5) is 5.13 Å². The molecule has 1 aromatic heterocycles. The highest BCUT2D eigenvalue weighted by atomic mass is 32.1.